The van der Waals surface area contributed by atoms with Crippen LogP contribution in [-0.2, 0) is 11.2 Å². The van der Waals surface area contributed by atoms with E-state index in [2.05, 4.69) is 50.7 Å². The van der Waals surface area contributed by atoms with Crippen LogP contribution in [0.5, 0.6) is 0 Å². The van der Waals surface area contributed by atoms with Gasteiger partial charge < -0.3 is 0 Å². The summed E-state index contributed by atoms with van der Waals surface area (Å²) in [6.07, 6.45) is 3.42. The van der Waals surface area contributed by atoms with Crippen LogP contribution in [0.2, 0.25) is 0 Å². The van der Waals surface area contributed by atoms with Crippen LogP contribution in [0.1, 0.15) is 30.3 Å². The highest BCUT2D eigenvalue weighted by molar-refractivity contribution is 7.15. The Balaban J connectivity index is 1.47. The molecule has 1 aliphatic rings. The minimum atomic E-state index is -0.133. The number of hydrogen-bond acceptors (Lipinski definition) is 5. The van der Waals surface area contributed by atoms with Gasteiger partial charge in [0.15, 0.2) is 0 Å². The van der Waals surface area contributed by atoms with Crippen molar-refractivity contribution in [2.24, 2.45) is 5.92 Å². The van der Waals surface area contributed by atoms with E-state index in [1.165, 1.54) is 16.9 Å². The molecular weight excluding hydrogens is 320 g/mol. The second-order valence-electron chi connectivity index (χ2n) is 6.46. The Bertz CT molecular complexity index is 665. The van der Waals surface area contributed by atoms with Gasteiger partial charge in [-0.15, -0.1) is 10.2 Å². The summed E-state index contributed by atoms with van der Waals surface area (Å²) in [4.78, 5) is 14.6. The first-order chi connectivity index (χ1) is 11.6. The van der Waals surface area contributed by atoms with Crippen LogP contribution in [0.25, 0.3) is 0 Å². The van der Waals surface area contributed by atoms with Crippen molar-refractivity contribution in [3.63, 3.8) is 0 Å². The summed E-state index contributed by atoms with van der Waals surface area (Å²) in [6.45, 7) is 5.80. The van der Waals surface area contributed by atoms with Gasteiger partial charge in [0.25, 0.3) is 0 Å². The SMILES string of the molecule is Cc1nnc(NC(=O)C(C)N2CCC(Cc3ccccc3)CC2)s1. The summed E-state index contributed by atoms with van der Waals surface area (Å²) in [5.74, 6) is 0.720. The average Bonchev–Trinajstić information content (AvgIpc) is 3.00. The van der Waals surface area contributed by atoms with E-state index >= 15 is 0 Å². The quantitative estimate of drug-likeness (QED) is 0.905. The maximum atomic E-state index is 12.4. The van der Waals surface area contributed by atoms with Crippen molar-refractivity contribution in [1.82, 2.24) is 15.1 Å². The molecule has 5 nitrogen and oxygen atoms in total. The number of likely N-dealkylation sites (tertiary alicyclic amines) is 1. The smallest absolute Gasteiger partial charge is 0.243 e. The zero-order valence-electron chi connectivity index (χ0n) is 14.2. The van der Waals surface area contributed by atoms with Gasteiger partial charge in [-0.2, -0.15) is 0 Å². The molecule has 1 unspecified atom stereocenters. The van der Waals surface area contributed by atoms with Gasteiger partial charge in [0.1, 0.15) is 5.01 Å². The van der Waals surface area contributed by atoms with Gasteiger partial charge >= 0.3 is 0 Å². The van der Waals surface area contributed by atoms with Crippen LogP contribution in [0.15, 0.2) is 30.3 Å². The van der Waals surface area contributed by atoms with E-state index in [4.69, 9.17) is 0 Å². The van der Waals surface area contributed by atoms with Gasteiger partial charge in [-0.1, -0.05) is 41.7 Å². The van der Waals surface area contributed by atoms with E-state index in [-0.39, 0.29) is 11.9 Å². The Labute approximate surface area is 147 Å². The highest BCUT2D eigenvalue weighted by Crippen LogP contribution is 2.23. The number of nitrogens with one attached hydrogen (secondary N) is 1. The monoisotopic (exact) mass is 344 g/mol. The third kappa shape index (κ3) is 4.39. The largest absolute Gasteiger partial charge is 0.299 e. The summed E-state index contributed by atoms with van der Waals surface area (Å²) >= 11 is 1.41. The van der Waals surface area contributed by atoms with Gasteiger partial charge in [0.05, 0.1) is 6.04 Å². The van der Waals surface area contributed by atoms with Crippen molar-refractivity contribution in [3.8, 4) is 0 Å². The Morgan fingerprint density at radius 3 is 2.62 bits per heavy atom. The second-order valence-corrected chi connectivity index (χ2v) is 7.64. The summed E-state index contributed by atoms with van der Waals surface area (Å²) in [5, 5.41) is 12.2. The van der Waals surface area contributed by atoms with Crippen molar-refractivity contribution in [3.05, 3.63) is 40.9 Å². The fraction of sp³-hybridized carbons (Fsp3) is 0.500. The Morgan fingerprint density at radius 2 is 2.00 bits per heavy atom. The van der Waals surface area contributed by atoms with Gasteiger partial charge in [0, 0.05) is 0 Å². The number of carbonyl (C=O) groups excluding carboxylic acids is 1. The first-order valence-corrected chi connectivity index (χ1v) is 9.32. The lowest BCUT2D eigenvalue weighted by atomic mass is 9.89. The third-order valence-electron chi connectivity index (χ3n) is 4.70. The van der Waals surface area contributed by atoms with Gasteiger partial charge in [-0.25, -0.2) is 0 Å². The number of piperidine rings is 1. The maximum absolute atomic E-state index is 12.4. The van der Waals surface area contributed by atoms with Crippen molar-refractivity contribution in [1.29, 1.82) is 0 Å². The topological polar surface area (TPSA) is 58.1 Å². The highest BCUT2D eigenvalue weighted by atomic mass is 32.1. The third-order valence-corrected chi connectivity index (χ3v) is 5.45. The van der Waals surface area contributed by atoms with Crippen LogP contribution >= 0.6 is 11.3 Å². The summed E-state index contributed by atoms with van der Waals surface area (Å²) in [6, 6.07) is 10.5. The molecule has 3 rings (SSSR count). The zero-order chi connectivity index (χ0) is 16.9. The Morgan fingerprint density at radius 1 is 1.29 bits per heavy atom. The lowest BCUT2D eigenvalue weighted by Gasteiger charge is -2.35. The number of aryl methyl sites for hydroxylation is 1. The number of rotatable bonds is 5. The van der Waals surface area contributed by atoms with E-state index in [9.17, 15) is 4.79 Å². The van der Waals surface area contributed by atoms with Gasteiger partial charge in [-0.05, 0) is 57.7 Å². The van der Waals surface area contributed by atoms with E-state index in [0.717, 1.165) is 37.4 Å². The molecular formula is C18H24N4OS. The number of hydrogen-bond donors (Lipinski definition) is 1. The molecule has 0 bridgehead atoms. The fourth-order valence-corrected chi connectivity index (χ4v) is 3.81. The highest BCUT2D eigenvalue weighted by Gasteiger charge is 2.27. The predicted molar refractivity (Wildman–Crippen MR) is 97.2 cm³/mol. The van der Waals surface area contributed by atoms with E-state index in [1.54, 1.807) is 0 Å². The van der Waals surface area contributed by atoms with E-state index < -0.39 is 0 Å². The van der Waals surface area contributed by atoms with E-state index in [0.29, 0.717) is 11.0 Å². The van der Waals surface area contributed by atoms with Crippen LogP contribution in [-0.4, -0.2) is 40.1 Å². The average molecular weight is 344 g/mol. The van der Waals surface area contributed by atoms with Crippen LogP contribution in [0.4, 0.5) is 5.13 Å². The standard InChI is InChI=1S/C18H24N4OS/c1-13(17(23)19-18-21-20-14(2)24-18)22-10-8-16(9-11-22)12-15-6-4-3-5-7-15/h3-7,13,16H,8-12H2,1-2H3,(H,19,21,23). The second kappa shape index (κ2) is 7.85. The lowest BCUT2D eigenvalue weighted by Crippen LogP contribution is -2.46. The Hall–Kier alpha value is -1.79. The molecule has 0 aliphatic carbocycles. The fourth-order valence-electron chi connectivity index (χ4n) is 3.21. The normalized spacial score (nSPS) is 17.6. The first kappa shape index (κ1) is 17.0. The number of carbonyl (C=O) groups is 1. The lowest BCUT2D eigenvalue weighted by molar-refractivity contribution is -0.121. The van der Waals surface area contributed by atoms with Gasteiger partial charge in [-0.3, -0.25) is 15.0 Å². The minimum Gasteiger partial charge on any atom is -0.299 e. The predicted octanol–water partition coefficient (Wildman–Crippen LogP) is 3.13. The van der Waals surface area contributed by atoms with E-state index in [1.807, 2.05) is 13.8 Å². The zero-order valence-corrected chi connectivity index (χ0v) is 15.1. The summed E-state index contributed by atoms with van der Waals surface area (Å²) < 4.78 is 0. The van der Waals surface area contributed by atoms with Crippen LogP contribution in [0.3, 0.4) is 0 Å². The minimum absolute atomic E-state index is 0.00709. The van der Waals surface area contributed by atoms with Crippen molar-refractivity contribution in [2.75, 3.05) is 18.4 Å². The first-order valence-electron chi connectivity index (χ1n) is 8.51. The van der Waals surface area contributed by atoms with Crippen molar-refractivity contribution < 1.29 is 4.79 Å². The number of anilines is 1. The molecule has 1 N–H and O–H groups in total. The Kier molecular flexibility index (Phi) is 5.58. The molecule has 1 fully saturated rings. The molecule has 1 aliphatic heterocycles. The number of aromatic nitrogens is 2. The molecule has 128 valence electrons. The molecule has 1 aromatic carbocycles. The molecule has 1 atom stereocenters. The number of nitrogens with zero attached hydrogens (tertiary/aromatic N) is 3. The maximum Gasteiger partial charge on any atom is 0.243 e. The molecule has 2 aromatic rings. The molecule has 1 amide bonds. The molecule has 24 heavy (non-hydrogen) atoms. The molecule has 0 saturated carbocycles. The number of amides is 1. The van der Waals surface area contributed by atoms with Crippen LogP contribution < -0.4 is 5.32 Å². The number of benzene rings is 1. The van der Waals surface area contributed by atoms with Gasteiger partial charge in [0.2, 0.25) is 11.0 Å². The molecule has 1 saturated heterocycles. The molecule has 1 aromatic heterocycles. The van der Waals surface area contributed by atoms with Crippen molar-refractivity contribution in [2.45, 2.75) is 39.2 Å². The molecule has 0 radical (unpaired) electrons. The summed E-state index contributed by atoms with van der Waals surface area (Å²) in [5.41, 5.74) is 1.41. The summed E-state index contributed by atoms with van der Waals surface area (Å²) in [7, 11) is 0. The molecule has 2 heterocycles. The molecule has 0 spiro atoms. The van der Waals surface area contributed by atoms with Crippen molar-refractivity contribution >= 4 is 22.4 Å². The molecule has 6 heteroatoms. The van der Waals surface area contributed by atoms with Crippen LogP contribution in [0, 0.1) is 12.8 Å².